The quantitative estimate of drug-likeness (QED) is 0.368. The lowest BCUT2D eigenvalue weighted by atomic mass is 10.0. The van der Waals surface area contributed by atoms with Crippen LogP contribution in [0.3, 0.4) is 0 Å². The van der Waals surface area contributed by atoms with Crippen LogP contribution in [0.1, 0.15) is 0 Å². The van der Waals surface area contributed by atoms with Crippen molar-refractivity contribution in [3.8, 4) is 0 Å². The second kappa shape index (κ2) is 3.63. The van der Waals surface area contributed by atoms with Crippen molar-refractivity contribution in [2.24, 2.45) is 0 Å². The second-order valence-corrected chi connectivity index (χ2v) is 2.67. The van der Waals surface area contributed by atoms with Crippen molar-refractivity contribution >= 4 is 0 Å². The van der Waals surface area contributed by atoms with Gasteiger partial charge < -0.3 is 25.2 Å². The molecular weight excluding hydrogens is 171 g/mol. The highest BCUT2D eigenvalue weighted by Crippen LogP contribution is 2.21. The van der Waals surface area contributed by atoms with Gasteiger partial charge in [-0.2, -0.15) is 0 Å². The molecule has 0 aromatic rings. The summed E-state index contributed by atoms with van der Waals surface area (Å²) in [5, 5.41) is 35.3. The van der Waals surface area contributed by atoms with Gasteiger partial charge in [-0.25, -0.2) is 4.39 Å². The lowest BCUT2D eigenvalue weighted by molar-refractivity contribution is -0.271. The van der Waals surface area contributed by atoms with Crippen LogP contribution in [-0.4, -0.2) is 57.8 Å². The smallest absolute Gasteiger partial charge is 0.189 e. The molecule has 0 bridgehead atoms. The van der Waals surface area contributed by atoms with Gasteiger partial charge in [0.1, 0.15) is 18.3 Å². The number of aliphatic hydroxyl groups excluding tert-OH is 4. The fourth-order valence-electron chi connectivity index (χ4n) is 1.06. The molecule has 1 saturated heterocycles. The van der Waals surface area contributed by atoms with Gasteiger partial charge >= 0.3 is 0 Å². The minimum absolute atomic E-state index is 0.581. The van der Waals surface area contributed by atoms with Gasteiger partial charge in [0, 0.05) is 0 Å². The highest BCUT2D eigenvalue weighted by Gasteiger charge is 2.43. The van der Waals surface area contributed by atoms with E-state index in [0.29, 0.717) is 0 Å². The zero-order valence-electron chi connectivity index (χ0n) is 6.17. The van der Waals surface area contributed by atoms with Gasteiger partial charge in [0.15, 0.2) is 12.5 Å². The van der Waals surface area contributed by atoms with Gasteiger partial charge in [-0.15, -0.1) is 0 Å². The van der Waals surface area contributed by atoms with Crippen molar-refractivity contribution in [2.45, 2.75) is 30.8 Å². The Kier molecular flexibility index (Phi) is 2.97. The molecule has 0 aromatic heterocycles. The summed E-state index contributed by atoms with van der Waals surface area (Å²) < 4.78 is 17.1. The summed E-state index contributed by atoms with van der Waals surface area (Å²) >= 11 is 0. The zero-order chi connectivity index (χ0) is 9.30. The van der Waals surface area contributed by atoms with Crippen LogP contribution in [0.25, 0.3) is 0 Å². The molecule has 12 heavy (non-hydrogen) atoms. The van der Waals surface area contributed by atoms with Crippen LogP contribution in [0.5, 0.6) is 0 Å². The second-order valence-electron chi connectivity index (χ2n) is 2.67. The molecule has 0 saturated carbocycles. The van der Waals surface area contributed by atoms with Crippen molar-refractivity contribution in [3.05, 3.63) is 0 Å². The van der Waals surface area contributed by atoms with E-state index in [-0.39, 0.29) is 0 Å². The number of rotatable bonds is 1. The summed E-state index contributed by atoms with van der Waals surface area (Å²) in [6.45, 7) is -0.581. The van der Waals surface area contributed by atoms with Gasteiger partial charge in [0.05, 0.1) is 6.61 Å². The van der Waals surface area contributed by atoms with Crippen LogP contribution in [-0.2, 0) is 4.74 Å². The van der Waals surface area contributed by atoms with Gasteiger partial charge in [-0.05, 0) is 0 Å². The maximum absolute atomic E-state index is 12.7. The Morgan fingerprint density at radius 2 is 1.75 bits per heavy atom. The number of alkyl halides is 1. The lowest BCUT2D eigenvalue weighted by Gasteiger charge is -2.36. The predicted octanol–water partition coefficient (Wildman–Crippen LogP) is -2.24. The molecule has 1 rings (SSSR count). The van der Waals surface area contributed by atoms with Crippen LogP contribution in [0.2, 0.25) is 0 Å². The minimum atomic E-state index is -2.04. The molecular formula is C6H11FO5. The first-order valence-corrected chi connectivity index (χ1v) is 3.52. The molecule has 0 aromatic carbocycles. The molecule has 6 heteroatoms. The number of halogens is 1. The molecule has 1 aliphatic heterocycles. The highest BCUT2D eigenvalue weighted by atomic mass is 19.1. The van der Waals surface area contributed by atoms with E-state index in [1.807, 2.05) is 0 Å². The maximum Gasteiger partial charge on any atom is 0.189 e. The molecule has 0 unspecified atom stereocenters. The number of hydrogen-bond donors (Lipinski definition) is 4. The molecule has 0 spiro atoms. The third-order valence-corrected chi connectivity index (χ3v) is 1.82. The Bertz CT molecular complexity index is 150. The Balaban J connectivity index is 2.63. The van der Waals surface area contributed by atoms with Gasteiger partial charge in [-0.3, -0.25) is 0 Å². The Morgan fingerprint density at radius 3 is 2.25 bits per heavy atom. The average Bonchev–Trinajstić information content (AvgIpc) is 2.08. The van der Waals surface area contributed by atoms with Crippen molar-refractivity contribution in [3.63, 3.8) is 0 Å². The fourth-order valence-corrected chi connectivity index (χ4v) is 1.06. The SMILES string of the molecule is OC[C@H]1O[C@@H](O)[C@@H](F)[C@@H](O)[C@H]1O. The molecule has 1 fully saturated rings. The van der Waals surface area contributed by atoms with Gasteiger partial charge in [0.25, 0.3) is 0 Å². The summed E-state index contributed by atoms with van der Waals surface area (Å²) in [6.07, 6.45) is -8.19. The summed E-state index contributed by atoms with van der Waals surface area (Å²) in [4.78, 5) is 0. The standard InChI is InChI=1S/C6H11FO5/c7-3-5(10)4(9)2(1-8)12-6(3)11/h2-6,8-11H,1H2/t2-,3+,4+,5-,6-/m1/s1. The minimum Gasteiger partial charge on any atom is -0.394 e. The van der Waals surface area contributed by atoms with Gasteiger partial charge in [0.2, 0.25) is 0 Å². The summed E-state index contributed by atoms with van der Waals surface area (Å²) in [7, 11) is 0. The summed E-state index contributed by atoms with van der Waals surface area (Å²) in [6, 6.07) is 0. The molecule has 0 amide bonds. The number of aliphatic hydroxyl groups is 4. The molecule has 5 atom stereocenters. The van der Waals surface area contributed by atoms with E-state index < -0.39 is 37.4 Å². The topological polar surface area (TPSA) is 90.2 Å². The fraction of sp³-hybridized carbons (Fsp3) is 1.00. The summed E-state index contributed by atoms with van der Waals surface area (Å²) in [5.74, 6) is 0. The molecule has 4 N–H and O–H groups in total. The Hall–Kier alpha value is -0.270. The van der Waals surface area contributed by atoms with Gasteiger partial charge in [-0.1, -0.05) is 0 Å². The molecule has 1 aliphatic rings. The van der Waals surface area contributed by atoms with Crippen molar-refractivity contribution in [1.82, 2.24) is 0 Å². The van der Waals surface area contributed by atoms with Crippen LogP contribution < -0.4 is 0 Å². The maximum atomic E-state index is 12.7. The van der Waals surface area contributed by atoms with Crippen LogP contribution in [0.15, 0.2) is 0 Å². The van der Waals surface area contributed by atoms with E-state index in [9.17, 15) is 4.39 Å². The first kappa shape index (κ1) is 9.82. The van der Waals surface area contributed by atoms with E-state index in [1.54, 1.807) is 0 Å². The zero-order valence-corrected chi connectivity index (χ0v) is 6.17. The first-order valence-electron chi connectivity index (χ1n) is 3.52. The van der Waals surface area contributed by atoms with E-state index in [0.717, 1.165) is 0 Å². The average molecular weight is 182 g/mol. The van der Waals surface area contributed by atoms with Crippen molar-refractivity contribution in [2.75, 3.05) is 6.61 Å². The first-order chi connectivity index (χ1) is 5.57. The predicted molar refractivity (Wildman–Crippen MR) is 34.9 cm³/mol. The van der Waals surface area contributed by atoms with Crippen LogP contribution in [0, 0.1) is 0 Å². The van der Waals surface area contributed by atoms with E-state index in [1.165, 1.54) is 0 Å². The van der Waals surface area contributed by atoms with E-state index >= 15 is 0 Å². The molecule has 0 aliphatic carbocycles. The number of ether oxygens (including phenoxy) is 1. The Labute approximate surface area is 68.0 Å². The van der Waals surface area contributed by atoms with Crippen LogP contribution in [0.4, 0.5) is 4.39 Å². The molecule has 72 valence electrons. The van der Waals surface area contributed by atoms with Crippen molar-refractivity contribution < 1.29 is 29.6 Å². The number of hydrogen-bond acceptors (Lipinski definition) is 5. The third-order valence-electron chi connectivity index (χ3n) is 1.82. The van der Waals surface area contributed by atoms with E-state index in [2.05, 4.69) is 4.74 Å². The van der Waals surface area contributed by atoms with Crippen LogP contribution >= 0.6 is 0 Å². The Morgan fingerprint density at radius 1 is 1.17 bits per heavy atom. The normalized spacial score (nSPS) is 49.2. The molecule has 1 heterocycles. The lowest BCUT2D eigenvalue weighted by Crippen LogP contribution is -2.56. The monoisotopic (exact) mass is 182 g/mol. The molecule has 5 nitrogen and oxygen atoms in total. The van der Waals surface area contributed by atoms with Crippen molar-refractivity contribution in [1.29, 1.82) is 0 Å². The van der Waals surface area contributed by atoms with E-state index in [4.69, 9.17) is 20.4 Å². The highest BCUT2D eigenvalue weighted by molar-refractivity contribution is 4.88. The largest absolute Gasteiger partial charge is 0.394 e. The summed E-state index contributed by atoms with van der Waals surface area (Å²) in [5.41, 5.74) is 0. The molecule has 0 radical (unpaired) electrons. The third kappa shape index (κ3) is 1.57.